The predicted octanol–water partition coefficient (Wildman–Crippen LogP) is 1.36. The standard InChI is InChI=1S/C16H14N6O3/c1-8(13-21-20-10-5-3-4-6-22(10)13)19-15(24)11-9(2)25-16-12(11)14(23)17-7-18-16/h3-8H,1-2H3,(H,19,24)(H,17,18,23)/t8-/m1/s1. The topological polar surface area (TPSA) is 118 Å². The number of aromatic nitrogens is 5. The largest absolute Gasteiger partial charge is 0.442 e. The third-order valence-electron chi connectivity index (χ3n) is 3.97. The van der Waals surface area contributed by atoms with Crippen molar-refractivity contribution in [1.82, 2.24) is 29.9 Å². The van der Waals surface area contributed by atoms with Crippen LogP contribution in [0, 0.1) is 6.92 Å². The Kier molecular flexibility index (Phi) is 3.34. The molecule has 0 aliphatic rings. The van der Waals surface area contributed by atoms with Gasteiger partial charge in [-0.1, -0.05) is 6.07 Å². The van der Waals surface area contributed by atoms with Crippen LogP contribution in [-0.2, 0) is 0 Å². The maximum atomic E-state index is 12.7. The number of aryl methyl sites for hydroxylation is 1. The average Bonchev–Trinajstić information content (AvgIpc) is 3.16. The number of pyridine rings is 1. The van der Waals surface area contributed by atoms with Gasteiger partial charge in [-0.15, -0.1) is 10.2 Å². The molecule has 0 radical (unpaired) electrons. The van der Waals surface area contributed by atoms with Crippen molar-refractivity contribution in [3.63, 3.8) is 0 Å². The van der Waals surface area contributed by atoms with E-state index >= 15 is 0 Å². The molecule has 4 rings (SSSR count). The minimum absolute atomic E-state index is 0.131. The van der Waals surface area contributed by atoms with Crippen LogP contribution >= 0.6 is 0 Å². The molecule has 4 aromatic heterocycles. The first kappa shape index (κ1) is 15.1. The Hall–Kier alpha value is -3.49. The van der Waals surface area contributed by atoms with Gasteiger partial charge < -0.3 is 14.7 Å². The van der Waals surface area contributed by atoms with Crippen molar-refractivity contribution < 1.29 is 9.21 Å². The van der Waals surface area contributed by atoms with Gasteiger partial charge in [-0.3, -0.25) is 14.0 Å². The maximum absolute atomic E-state index is 12.7. The zero-order valence-corrected chi connectivity index (χ0v) is 13.5. The molecule has 9 heteroatoms. The lowest BCUT2D eigenvalue weighted by Gasteiger charge is -2.12. The van der Waals surface area contributed by atoms with E-state index in [4.69, 9.17) is 4.42 Å². The summed E-state index contributed by atoms with van der Waals surface area (Å²) in [7, 11) is 0. The van der Waals surface area contributed by atoms with Crippen LogP contribution < -0.4 is 10.9 Å². The van der Waals surface area contributed by atoms with Crippen molar-refractivity contribution in [3.8, 4) is 0 Å². The van der Waals surface area contributed by atoms with Crippen LogP contribution in [0.5, 0.6) is 0 Å². The third kappa shape index (κ3) is 2.36. The summed E-state index contributed by atoms with van der Waals surface area (Å²) >= 11 is 0. The van der Waals surface area contributed by atoms with Gasteiger partial charge in [0.05, 0.1) is 17.9 Å². The molecule has 4 aromatic rings. The Morgan fingerprint density at radius 2 is 2.20 bits per heavy atom. The number of carbonyl (C=O) groups is 1. The molecule has 4 heterocycles. The van der Waals surface area contributed by atoms with Gasteiger partial charge in [0.25, 0.3) is 11.5 Å². The van der Waals surface area contributed by atoms with Crippen LogP contribution in [0.4, 0.5) is 0 Å². The van der Waals surface area contributed by atoms with Gasteiger partial charge in [-0.25, -0.2) is 4.98 Å². The summed E-state index contributed by atoms with van der Waals surface area (Å²) in [5.74, 6) is 0.478. The summed E-state index contributed by atoms with van der Waals surface area (Å²) in [6.45, 7) is 3.41. The summed E-state index contributed by atoms with van der Waals surface area (Å²) < 4.78 is 7.21. The van der Waals surface area contributed by atoms with Crippen molar-refractivity contribution >= 4 is 22.7 Å². The molecule has 0 saturated heterocycles. The van der Waals surface area contributed by atoms with E-state index in [1.807, 2.05) is 24.4 Å². The van der Waals surface area contributed by atoms with Gasteiger partial charge in [0, 0.05) is 6.20 Å². The number of aromatic amines is 1. The molecule has 1 atom stereocenters. The second-order valence-electron chi connectivity index (χ2n) is 5.63. The van der Waals surface area contributed by atoms with Gasteiger partial charge in [0.1, 0.15) is 11.1 Å². The zero-order valence-electron chi connectivity index (χ0n) is 13.5. The number of rotatable bonds is 3. The van der Waals surface area contributed by atoms with Crippen molar-refractivity contribution in [2.24, 2.45) is 0 Å². The van der Waals surface area contributed by atoms with Gasteiger partial charge in [0.15, 0.2) is 11.5 Å². The van der Waals surface area contributed by atoms with Crippen molar-refractivity contribution in [2.45, 2.75) is 19.9 Å². The Morgan fingerprint density at radius 3 is 3.04 bits per heavy atom. The minimum Gasteiger partial charge on any atom is -0.442 e. The second kappa shape index (κ2) is 5.55. The molecule has 1 amide bonds. The number of fused-ring (bicyclic) bond motifs is 2. The molecule has 2 N–H and O–H groups in total. The number of amides is 1. The summed E-state index contributed by atoms with van der Waals surface area (Å²) in [4.78, 5) is 31.2. The lowest BCUT2D eigenvalue weighted by molar-refractivity contribution is 0.0938. The first-order chi connectivity index (χ1) is 12.1. The number of hydrogen-bond acceptors (Lipinski definition) is 6. The molecule has 0 bridgehead atoms. The predicted molar refractivity (Wildman–Crippen MR) is 88.2 cm³/mol. The first-order valence-corrected chi connectivity index (χ1v) is 7.63. The van der Waals surface area contributed by atoms with E-state index in [9.17, 15) is 9.59 Å². The number of nitrogens with one attached hydrogen (secondary N) is 2. The molecule has 0 aliphatic heterocycles. The lowest BCUT2D eigenvalue weighted by Crippen LogP contribution is -2.29. The third-order valence-corrected chi connectivity index (χ3v) is 3.97. The molecular weight excluding hydrogens is 324 g/mol. The number of carbonyl (C=O) groups excluding carboxylic acids is 1. The van der Waals surface area contributed by atoms with Crippen molar-refractivity contribution in [1.29, 1.82) is 0 Å². The molecule has 0 unspecified atom stereocenters. The van der Waals surface area contributed by atoms with Crippen LogP contribution in [0.1, 0.15) is 34.9 Å². The number of H-pyrrole nitrogens is 1. The Balaban J connectivity index is 1.71. The molecular formula is C16H14N6O3. The fraction of sp³-hybridized carbons (Fsp3) is 0.188. The highest BCUT2D eigenvalue weighted by Gasteiger charge is 2.24. The highest BCUT2D eigenvalue weighted by molar-refractivity contribution is 6.06. The van der Waals surface area contributed by atoms with E-state index in [1.54, 1.807) is 18.2 Å². The van der Waals surface area contributed by atoms with E-state index in [2.05, 4.69) is 25.5 Å². The quantitative estimate of drug-likeness (QED) is 0.582. The molecule has 0 fully saturated rings. The molecule has 0 aromatic carbocycles. The SMILES string of the molecule is Cc1oc2nc[nH]c(=O)c2c1C(=O)N[C@H](C)c1nnc2ccccn12. The highest BCUT2D eigenvalue weighted by Crippen LogP contribution is 2.21. The van der Waals surface area contributed by atoms with E-state index in [0.29, 0.717) is 17.2 Å². The van der Waals surface area contributed by atoms with Gasteiger partial charge in [0.2, 0.25) is 5.71 Å². The Bertz CT molecular complexity index is 1160. The van der Waals surface area contributed by atoms with Gasteiger partial charge >= 0.3 is 0 Å². The number of hydrogen-bond donors (Lipinski definition) is 2. The lowest BCUT2D eigenvalue weighted by atomic mass is 10.1. The van der Waals surface area contributed by atoms with Crippen molar-refractivity contribution in [3.05, 3.63) is 58.2 Å². The maximum Gasteiger partial charge on any atom is 0.262 e. The molecule has 126 valence electrons. The first-order valence-electron chi connectivity index (χ1n) is 7.63. The summed E-state index contributed by atoms with van der Waals surface area (Å²) in [6, 6.07) is 5.11. The van der Waals surface area contributed by atoms with Gasteiger partial charge in [-0.05, 0) is 26.0 Å². The van der Waals surface area contributed by atoms with E-state index in [0.717, 1.165) is 0 Å². The fourth-order valence-corrected chi connectivity index (χ4v) is 2.82. The van der Waals surface area contributed by atoms with Crippen LogP contribution in [0.25, 0.3) is 16.7 Å². The molecule has 0 spiro atoms. The van der Waals surface area contributed by atoms with E-state index < -0.39 is 17.5 Å². The van der Waals surface area contributed by atoms with Crippen LogP contribution in [0.2, 0.25) is 0 Å². The van der Waals surface area contributed by atoms with E-state index in [1.165, 1.54) is 6.33 Å². The Labute approximate surface area is 140 Å². The smallest absolute Gasteiger partial charge is 0.262 e. The summed E-state index contributed by atoms with van der Waals surface area (Å²) in [6.07, 6.45) is 3.06. The average molecular weight is 338 g/mol. The number of furan rings is 1. The molecule has 25 heavy (non-hydrogen) atoms. The fourth-order valence-electron chi connectivity index (χ4n) is 2.82. The Morgan fingerprint density at radius 1 is 1.36 bits per heavy atom. The number of nitrogens with zero attached hydrogens (tertiary/aromatic N) is 4. The van der Waals surface area contributed by atoms with Crippen LogP contribution in [0.3, 0.4) is 0 Å². The molecule has 0 saturated carbocycles. The monoisotopic (exact) mass is 338 g/mol. The van der Waals surface area contributed by atoms with Crippen LogP contribution in [-0.4, -0.2) is 30.5 Å². The summed E-state index contributed by atoms with van der Waals surface area (Å²) in [5.41, 5.74) is 0.564. The van der Waals surface area contributed by atoms with Crippen molar-refractivity contribution in [2.75, 3.05) is 0 Å². The molecule has 9 nitrogen and oxygen atoms in total. The van der Waals surface area contributed by atoms with Crippen LogP contribution in [0.15, 0.2) is 39.9 Å². The van der Waals surface area contributed by atoms with Gasteiger partial charge in [-0.2, -0.15) is 0 Å². The summed E-state index contributed by atoms with van der Waals surface area (Å²) in [5, 5.41) is 11.2. The second-order valence-corrected chi connectivity index (χ2v) is 5.63. The normalized spacial score (nSPS) is 12.6. The molecule has 0 aliphatic carbocycles. The minimum atomic E-state index is -0.435. The zero-order chi connectivity index (χ0) is 17.6. The van der Waals surface area contributed by atoms with E-state index in [-0.39, 0.29) is 16.7 Å². The highest BCUT2D eigenvalue weighted by atomic mass is 16.3.